The van der Waals surface area contributed by atoms with Crippen molar-refractivity contribution in [1.82, 2.24) is 4.90 Å². The van der Waals surface area contributed by atoms with E-state index in [1.807, 2.05) is 20.8 Å². The Morgan fingerprint density at radius 1 is 1.19 bits per heavy atom. The summed E-state index contributed by atoms with van der Waals surface area (Å²) in [6.45, 7) is 5.88. The molecule has 0 aromatic heterocycles. The number of nitrogens with zero attached hydrogens (tertiary/aromatic N) is 1. The van der Waals surface area contributed by atoms with Crippen LogP contribution < -0.4 is 5.32 Å². The minimum Gasteiger partial charge on any atom is -0.336 e. The van der Waals surface area contributed by atoms with Gasteiger partial charge in [0.05, 0.1) is 22.3 Å². The van der Waals surface area contributed by atoms with Crippen LogP contribution in [-0.4, -0.2) is 30.3 Å². The van der Waals surface area contributed by atoms with Crippen molar-refractivity contribution in [1.29, 1.82) is 0 Å². The van der Waals surface area contributed by atoms with Crippen molar-refractivity contribution in [3.05, 3.63) is 28.2 Å². The Hall–Kier alpha value is -1.26. The van der Waals surface area contributed by atoms with Gasteiger partial charge in [-0.1, -0.05) is 50.0 Å². The average molecular weight is 331 g/mol. The Labute approximate surface area is 135 Å². The summed E-state index contributed by atoms with van der Waals surface area (Å²) >= 11 is 12.0. The van der Waals surface area contributed by atoms with E-state index in [1.165, 1.54) is 4.90 Å². The predicted molar refractivity (Wildman–Crippen MR) is 86.8 cm³/mol. The Bertz CT molecular complexity index is 519. The van der Waals surface area contributed by atoms with Gasteiger partial charge in [0.2, 0.25) is 11.8 Å². The highest BCUT2D eigenvalue weighted by atomic mass is 35.5. The molecule has 0 aliphatic heterocycles. The van der Waals surface area contributed by atoms with Gasteiger partial charge in [0, 0.05) is 13.5 Å². The first kappa shape index (κ1) is 17.8. The first-order valence-corrected chi connectivity index (χ1v) is 7.33. The third-order valence-corrected chi connectivity index (χ3v) is 3.35. The molecule has 0 heterocycles. The fraction of sp³-hybridized carbons (Fsp3) is 0.467. The summed E-state index contributed by atoms with van der Waals surface area (Å²) in [6.07, 6.45) is 0.379. The van der Waals surface area contributed by atoms with Crippen LogP contribution in [-0.2, 0) is 9.59 Å². The monoisotopic (exact) mass is 330 g/mol. The quantitative estimate of drug-likeness (QED) is 0.912. The molecule has 6 heteroatoms. The molecule has 21 heavy (non-hydrogen) atoms. The Morgan fingerprint density at radius 3 is 2.19 bits per heavy atom. The number of carbonyl (C=O) groups excluding carboxylic acids is 2. The minimum absolute atomic E-state index is 0.0452. The molecule has 2 amide bonds. The molecule has 4 nitrogen and oxygen atoms in total. The average Bonchev–Trinajstić information content (AvgIpc) is 2.31. The second kappa shape index (κ2) is 7.14. The number of hydrogen-bond acceptors (Lipinski definition) is 2. The van der Waals surface area contributed by atoms with E-state index in [1.54, 1.807) is 25.2 Å². The maximum atomic E-state index is 12.0. The van der Waals surface area contributed by atoms with Crippen molar-refractivity contribution in [2.24, 2.45) is 5.41 Å². The third kappa shape index (κ3) is 5.94. The molecule has 116 valence electrons. The molecule has 0 bridgehead atoms. The standard InChI is InChI=1S/C15H20Cl2N2O2/c1-15(2,3)8-13(21)19(4)9-12(20)18-14-10(16)6-5-7-11(14)17/h5-7H,8-9H2,1-4H3,(H,18,20). The Morgan fingerprint density at radius 2 is 1.71 bits per heavy atom. The molecule has 0 unspecified atom stereocenters. The van der Waals surface area contributed by atoms with Crippen LogP contribution in [0.2, 0.25) is 10.0 Å². The minimum atomic E-state index is -0.338. The van der Waals surface area contributed by atoms with Crippen LogP contribution in [0.3, 0.4) is 0 Å². The maximum Gasteiger partial charge on any atom is 0.244 e. The molecule has 1 aromatic carbocycles. The van der Waals surface area contributed by atoms with Gasteiger partial charge < -0.3 is 10.2 Å². The van der Waals surface area contributed by atoms with Gasteiger partial charge in [0.25, 0.3) is 0 Å². The first-order valence-electron chi connectivity index (χ1n) is 6.58. The van der Waals surface area contributed by atoms with E-state index in [-0.39, 0.29) is 23.8 Å². The molecular weight excluding hydrogens is 311 g/mol. The number of likely N-dealkylation sites (N-methyl/N-ethyl adjacent to an activating group) is 1. The van der Waals surface area contributed by atoms with Gasteiger partial charge >= 0.3 is 0 Å². The molecule has 0 saturated heterocycles. The molecule has 0 aliphatic rings. The topological polar surface area (TPSA) is 49.4 Å². The smallest absolute Gasteiger partial charge is 0.244 e. The maximum absolute atomic E-state index is 12.0. The van der Waals surface area contributed by atoms with Crippen molar-refractivity contribution < 1.29 is 9.59 Å². The number of para-hydroxylation sites is 1. The summed E-state index contributed by atoms with van der Waals surface area (Å²) in [4.78, 5) is 25.3. The lowest BCUT2D eigenvalue weighted by Crippen LogP contribution is -2.36. The van der Waals surface area contributed by atoms with Crippen LogP contribution in [0, 0.1) is 5.41 Å². The van der Waals surface area contributed by atoms with Crippen LogP contribution in [0.15, 0.2) is 18.2 Å². The number of halogens is 2. The molecule has 0 fully saturated rings. The van der Waals surface area contributed by atoms with E-state index >= 15 is 0 Å². The van der Waals surface area contributed by atoms with Gasteiger partial charge in [-0.25, -0.2) is 0 Å². The van der Waals surface area contributed by atoms with E-state index < -0.39 is 0 Å². The Kier molecular flexibility index (Phi) is 6.05. The van der Waals surface area contributed by atoms with Crippen molar-refractivity contribution in [2.45, 2.75) is 27.2 Å². The van der Waals surface area contributed by atoms with E-state index in [9.17, 15) is 9.59 Å². The molecule has 0 spiro atoms. The summed E-state index contributed by atoms with van der Waals surface area (Å²) in [7, 11) is 1.60. The lowest BCUT2D eigenvalue weighted by molar-refractivity contribution is -0.134. The number of rotatable bonds is 4. The first-order chi connectivity index (χ1) is 9.60. The number of amides is 2. The lowest BCUT2D eigenvalue weighted by Gasteiger charge is -2.23. The molecule has 1 rings (SSSR count). The van der Waals surface area contributed by atoms with Gasteiger partial charge in [-0.05, 0) is 17.5 Å². The van der Waals surface area contributed by atoms with E-state index in [0.717, 1.165) is 0 Å². The highest BCUT2D eigenvalue weighted by Gasteiger charge is 2.20. The number of anilines is 1. The van der Waals surface area contributed by atoms with Gasteiger partial charge in [-0.2, -0.15) is 0 Å². The van der Waals surface area contributed by atoms with Gasteiger partial charge in [-0.15, -0.1) is 0 Å². The van der Waals surface area contributed by atoms with Crippen molar-refractivity contribution in [2.75, 3.05) is 18.9 Å². The van der Waals surface area contributed by atoms with Gasteiger partial charge in [-0.3, -0.25) is 9.59 Å². The molecular formula is C15H20Cl2N2O2. The van der Waals surface area contributed by atoms with E-state index in [0.29, 0.717) is 22.2 Å². The lowest BCUT2D eigenvalue weighted by atomic mass is 9.92. The second-order valence-corrected chi connectivity index (χ2v) is 6.95. The number of nitrogens with one attached hydrogen (secondary N) is 1. The second-order valence-electron chi connectivity index (χ2n) is 6.13. The molecule has 0 radical (unpaired) electrons. The van der Waals surface area contributed by atoms with E-state index in [4.69, 9.17) is 23.2 Å². The highest BCUT2D eigenvalue weighted by molar-refractivity contribution is 6.39. The fourth-order valence-electron chi connectivity index (χ4n) is 1.69. The van der Waals surface area contributed by atoms with Crippen molar-refractivity contribution in [3.63, 3.8) is 0 Å². The molecule has 0 atom stereocenters. The summed E-state index contributed by atoms with van der Waals surface area (Å²) in [5.41, 5.74) is 0.246. The molecule has 0 aliphatic carbocycles. The normalized spacial score (nSPS) is 11.1. The van der Waals surface area contributed by atoms with Crippen molar-refractivity contribution in [3.8, 4) is 0 Å². The Balaban J connectivity index is 2.64. The van der Waals surface area contributed by atoms with Crippen LogP contribution in [0.1, 0.15) is 27.2 Å². The zero-order chi connectivity index (χ0) is 16.2. The SMILES string of the molecule is CN(CC(=O)Nc1c(Cl)cccc1Cl)C(=O)CC(C)(C)C. The number of hydrogen-bond donors (Lipinski definition) is 1. The number of carbonyl (C=O) groups is 2. The van der Waals surface area contributed by atoms with Crippen LogP contribution in [0.25, 0.3) is 0 Å². The summed E-state index contributed by atoms with van der Waals surface area (Å²) in [5.74, 6) is -0.419. The predicted octanol–water partition coefficient (Wildman–Crippen LogP) is 3.83. The molecule has 1 N–H and O–H groups in total. The summed E-state index contributed by atoms with van der Waals surface area (Å²) in [6, 6.07) is 4.97. The summed E-state index contributed by atoms with van der Waals surface area (Å²) in [5, 5.41) is 3.35. The zero-order valence-electron chi connectivity index (χ0n) is 12.7. The number of benzene rings is 1. The molecule has 0 saturated carbocycles. The van der Waals surface area contributed by atoms with Gasteiger partial charge in [0.1, 0.15) is 0 Å². The van der Waals surface area contributed by atoms with Gasteiger partial charge in [0.15, 0.2) is 0 Å². The largest absolute Gasteiger partial charge is 0.336 e. The van der Waals surface area contributed by atoms with Crippen LogP contribution >= 0.6 is 23.2 Å². The highest BCUT2D eigenvalue weighted by Crippen LogP contribution is 2.29. The summed E-state index contributed by atoms with van der Waals surface area (Å²) < 4.78 is 0. The van der Waals surface area contributed by atoms with Crippen LogP contribution in [0.4, 0.5) is 5.69 Å². The fourth-order valence-corrected chi connectivity index (χ4v) is 2.18. The van der Waals surface area contributed by atoms with Crippen molar-refractivity contribution >= 4 is 40.7 Å². The third-order valence-electron chi connectivity index (χ3n) is 2.72. The van der Waals surface area contributed by atoms with Crippen LogP contribution in [0.5, 0.6) is 0 Å². The van der Waals surface area contributed by atoms with E-state index in [2.05, 4.69) is 5.32 Å². The molecule has 1 aromatic rings. The zero-order valence-corrected chi connectivity index (χ0v) is 14.2.